The smallest absolute Gasteiger partial charge is 0.217 e. The van der Waals surface area contributed by atoms with Crippen LogP contribution in [0.15, 0.2) is 35.8 Å². The second kappa shape index (κ2) is 7.07. The Labute approximate surface area is 155 Å². The average Bonchev–Trinajstić information content (AvgIpc) is 3.27. The molecule has 0 spiro atoms. The summed E-state index contributed by atoms with van der Waals surface area (Å²) in [4.78, 5) is 13.6. The molecule has 1 fully saturated rings. The van der Waals surface area contributed by atoms with E-state index in [1.54, 1.807) is 11.3 Å². The standard InChI is InChI=1S/C17H20N6S2/c1-13-2-4-14(5-3-13)15-19-16(24)23(20-15)12-21-7-9-22(10-8-21)17-18-6-11-25-17/h2-6,11H,7-10,12H2,1H3,(H,19,20,24). The van der Waals surface area contributed by atoms with Crippen molar-refractivity contribution in [3.05, 3.63) is 46.2 Å². The normalized spacial score (nSPS) is 15.6. The van der Waals surface area contributed by atoms with Crippen molar-refractivity contribution in [1.29, 1.82) is 0 Å². The number of benzene rings is 1. The second-order valence-corrected chi connectivity index (χ2v) is 7.45. The Bertz CT molecular complexity index is 873. The number of piperazine rings is 1. The van der Waals surface area contributed by atoms with Gasteiger partial charge in [0.2, 0.25) is 4.77 Å². The van der Waals surface area contributed by atoms with Crippen LogP contribution in [0.1, 0.15) is 5.56 Å². The van der Waals surface area contributed by atoms with Crippen molar-refractivity contribution in [1.82, 2.24) is 24.6 Å². The van der Waals surface area contributed by atoms with Gasteiger partial charge in [-0.25, -0.2) is 9.67 Å². The maximum Gasteiger partial charge on any atom is 0.217 e. The van der Waals surface area contributed by atoms with Gasteiger partial charge in [-0.2, -0.15) is 4.98 Å². The van der Waals surface area contributed by atoms with Gasteiger partial charge >= 0.3 is 0 Å². The summed E-state index contributed by atoms with van der Waals surface area (Å²) in [5.41, 5.74) is 2.30. The number of aromatic nitrogens is 4. The Morgan fingerprint density at radius 3 is 2.60 bits per heavy atom. The molecule has 1 aliphatic heterocycles. The van der Waals surface area contributed by atoms with E-state index in [1.165, 1.54) is 5.56 Å². The number of thiazole rings is 1. The van der Waals surface area contributed by atoms with E-state index in [-0.39, 0.29) is 0 Å². The van der Waals surface area contributed by atoms with E-state index >= 15 is 0 Å². The van der Waals surface area contributed by atoms with Crippen LogP contribution in [0, 0.1) is 11.7 Å². The molecule has 0 saturated carbocycles. The van der Waals surface area contributed by atoms with Crippen molar-refractivity contribution in [2.45, 2.75) is 13.6 Å². The maximum absolute atomic E-state index is 5.43. The lowest BCUT2D eigenvalue weighted by atomic mass is 10.1. The van der Waals surface area contributed by atoms with Gasteiger partial charge in [0.15, 0.2) is 11.0 Å². The van der Waals surface area contributed by atoms with E-state index in [4.69, 9.17) is 12.2 Å². The second-order valence-electron chi connectivity index (χ2n) is 6.21. The lowest BCUT2D eigenvalue weighted by molar-refractivity contribution is 0.194. The summed E-state index contributed by atoms with van der Waals surface area (Å²) in [7, 11) is 0. The molecule has 1 saturated heterocycles. The first-order chi connectivity index (χ1) is 12.2. The third-order valence-electron chi connectivity index (χ3n) is 4.41. The van der Waals surface area contributed by atoms with Crippen molar-refractivity contribution >= 4 is 28.7 Å². The summed E-state index contributed by atoms with van der Waals surface area (Å²) in [6.07, 6.45) is 1.86. The lowest BCUT2D eigenvalue weighted by Crippen LogP contribution is -2.46. The quantitative estimate of drug-likeness (QED) is 0.713. The number of rotatable bonds is 4. The molecule has 0 aliphatic carbocycles. The molecule has 6 nitrogen and oxygen atoms in total. The summed E-state index contributed by atoms with van der Waals surface area (Å²) in [5, 5.41) is 6.48. The molecule has 1 aromatic carbocycles. The molecule has 0 bridgehead atoms. The highest BCUT2D eigenvalue weighted by Gasteiger charge is 2.19. The summed E-state index contributed by atoms with van der Waals surface area (Å²) in [6.45, 7) is 6.76. The van der Waals surface area contributed by atoms with Crippen molar-refractivity contribution in [2.75, 3.05) is 31.1 Å². The highest BCUT2D eigenvalue weighted by atomic mass is 32.1. The molecule has 25 heavy (non-hydrogen) atoms. The van der Waals surface area contributed by atoms with Gasteiger partial charge in [0.05, 0.1) is 6.67 Å². The number of nitrogens with one attached hydrogen (secondary N) is 1. The van der Waals surface area contributed by atoms with Gasteiger partial charge in [0.1, 0.15) is 0 Å². The largest absolute Gasteiger partial charge is 0.346 e. The minimum absolute atomic E-state index is 0.595. The van der Waals surface area contributed by atoms with Crippen molar-refractivity contribution in [2.24, 2.45) is 0 Å². The van der Waals surface area contributed by atoms with Gasteiger partial charge in [0.25, 0.3) is 0 Å². The first-order valence-electron chi connectivity index (χ1n) is 8.30. The number of H-pyrrole nitrogens is 1. The van der Waals surface area contributed by atoms with Gasteiger partial charge in [-0.15, -0.1) is 11.3 Å². The fraction of sp³-hybridized carbons (Fsp3) is 0.353. The molecule has 0 unspecified atom stereocenters. The summed E-state index contributed by atoms with van der Waals surface area (Å²) >= 11 is 7.13. The van der Waals surface area contributed by atoms with Crippen LogP contribution in [0.5, 0.6) is 0 Å². The third kappa shape index (κ3) is 3.65. The summed E-state index contributed by atoms with van der Waals surface area (Å²) in [6, 6.07) is 8.31. The van der Waals surface area contributed by atoms with Gasteiger partial charge in [-0.3, -0.25) is 10.00 Å². The highest BCUT2D eigenvalue weighted by molar-refractivity contribution is 7.71. The molecule has 3 aromatic rings. The zero-order chi connectivity index (χ0) is 17.2. The molecule has 130 valence electrons. The van der Waals surface area contributed by atoms with E-state index in [2.05, 4.69) is 56.1 Å². The number of aromatic amines is 1. The zero-order valence-corrected chi connectivity index (χ0v) is 15.7. The van der Waals surface area contributed by atoms with Crippen LogP contribution >= 0.6 is 23.6 Å². The van der Waals surface area contributed by atoms with Gasteiger partial charge in [-0.1, -0.05) is 29.8 Å². The van der Waals surface area contributed by atoms with Crippen LogP contribution < -0.4 is 4.90 Å². The van der Waals surface area contributed by atoms with Crippen molar-refractivity contribution in [3.8, 4) is 11.4 Å². The van der Waals surface area contributed by atoms with E-state index < -0.39 is 0 Å². The van der Waals surface area contributed by atoms with Crippen LogP contribution in [0.25, 0.3) is 11.4 Å². The van der Waals surface area contributed by atoms with E-state index in [0.29, 0.717) is 4.77 Å². The van der Waals surface area contributed by atoms with Gasteiger partial charge < -0.3 is 4.90 Å². The highest BCUT2D eigenvalue weighted by Crippen LogP contribution is 2.19. The van der Waals surface area contributed by atoms with Crippen molar-refractivity contribution in [3.63, 3.8) is 0 Å². The number of aryl methyl sites for hydroxylation is 1. The fourth-order valence-electron chi connectivity index (χ4n) is 2.95. The number of anilines is 1. The van der Waals surface area contributed by atoms with Gasteiger partial charge in [0, 0.05) is 43.3 Å². The molecule has 0 atom stereocenters. The predicted octanol–water partition coefficient (Wildman–Crippen LogP) is 3.15. The SMILES string of the molecule is Cc1ccc(-c2nc(=S)n(CN3CCN(c4nccs4)CC3)[nH]2)cc1. The summed E-state index contributed by atoms with van der Waals surface area (Å²) < 4.78 is 2.54. The average molecular weight is 373 g/mol. The topological polar surface area (TPSA) is 53.0 Å². The molecule has 1 aliphatic rings. The minimum Gasteiger partial charge on any atom is -0.346 e. The fourth-order valence-corrected chi connectivity index (χ4v) is 3.84. The molecule has 2 aromatic heterocycles. The third-order valence-corrected chi connectivity index (χ3v) is 5.55. The molecule has 4 rings (SSSR count). The minimum atomic E-state index is 0.595. The van der Waals surface area contributed by atoms with Crippen LogP contribution in [0.2, 0.25) is 0 Å². The molecular formula is C17H20N6S2. The molecular weight excluding hydrogens is 352 g/mol. The summed E-state index contributed by atoms with van der Waals surface area (Å²) in [5.74, 6) is 0.825. The van der Waals surface area contributed by atoms with E-state index in [9.17, 15) is 0 Å². The maximum atomic E-state index is 5.43. The van der Waals surface area contributed by atoms with Crippen LogP contribution in [-0.4, -0.2) is 50.8 Å². The number of hydrogen-bond acceptors (Lipinski definition) is 6. The van der Waals surface area contributed by atoms with Crippen LogP contribution in [0.4, 0.5) is 5.13 Å². The Morgan fingerprint density at radius 2 is 1.92 bits per heavy atom. The molecule has 1 N–H and O–H groups in total. The monoisotopic (exact) mass is 372 g/mol. The first-order valence-corrected chi connectivity index (χ1v) is 9.58. The lowest BCUT2D eigenvalue weighted by Gasteiger charge is -2.34. The van der Waals surface area contributed by atoms with E-state index in [1.807, 2.05) is 16.3 Å². The van der Waals surface area contributed by atoms with E-state index in [0.717, 1.165) is 49.4 Å². The Balaban J connectivity index is 1.42. The molecule has 3 heterocycles. The molecule has 8 heteroatoms. The Morgan fingerprint density at radius 1 is 1.16 bits per heavy atom. The molecule has 0 amide bonds. The molecule has 0 radical (unpaired) electrons. The zero-order valence-electron chi connectivity index (χ0n) is 14.1. The first kappa shape index (κ1) is 16.4. The van der Waals surface area contributed by atoms with Crippen LogP contribution in [0.3, 0.4) is 0 Å². The van der Waals surface area contributed by atoms with Crippen molar-refractivity contribution < 1.29 is 0 Å². The number of hydrogen-bond donors (Lipinski definition) is 1. The van der Waals surface area contributed by atoms with Crippen LogP contribution in [-0.2, 0) is 6.67 Å². The Hall–Kier alpha value is -2.03. The number of nitrogens with zero attached hydrogens (tertiary/aromatic N) is 5. The Kier molecular flexibility index (Phi) is 4.65. The van der Waals surface area contributed by atoms with Gasteiger partial charge in [-0.05, 0) is 19.1 Å². The predicted molar refractivity (Wildman–Crippen MR) is 103 cm³/mol.